The fraction of sp³-hybridized carbons (Fsp3) is 0.500. The predicted octanol–water partition coefficient (Wildman–Crippen LogP) is 3.41. The summed E-state index contributed by atoms with van der Waals surface area (Å²) < 4.78 is 7.47. The van der Waals surface area contributed by atoms with Crippen LogP contribution in [0.2, 0.25) is 4.34 Å². The zero-order chi connectivity index (χ0) is 24.8. The standard InChI is InChI=1S/C24H27ClN4O5S/c1-28-10-2-3-17(31)20(28)16-11-19(26-12-15-4-5-18(25)35-15)29(27-16)21(32)24(8-9-24)14-34-22(33)23(13-30)6-7-23/h2,4-5,10-11,20,26,30H,3,6-9,12-14H2,1H3. The van der Waals surface area contributed by atoms with Crippen molar-refractivity contribution < 1.29 is 24.2 Å². The first kappa shape index (κ1) is 24.0. The molecule has 0 spiro atoms. The molecule has 2 saturated carbocycles. The number of Topliss-reactive ketones (excluding diaryl/α,β-unsaturated/α-hetero) is 1. The SMILES string of the molecule is CN1C=CCC(=O)C1c1cc(NCc2ccc(Cl)s2)n(C(=O)C2(COC(=O)C3(CO)CC3)CC2)n1. The molecule has 2 aromatic heterocycles. The topological polar surface area (TPSA) is 114 Å². The third kappa shape index (κ3) is 4.62. The fourth-order valence-corrected chi connectivity index (χ4v) is 5.33. The van der Waals surface area contributed by atoms with Gasteiger partial charge in [0.1, 0.15) is 18.5 Å². The summed E-state index contributed by atoms with van der Waals surface area (Å²) in [6, 6.07) is 4.87. The number of nitrogens with one attached hydrogen (secondary N) is 1. The van der Waals surface area contributed by atoms with E-state index in [4.69, 9.17) is 16.3 Å². The number of carbonyl (C=O) groups is 3. The van der Waals surface area contributed by atoms with E-state index in [1.54, 1.807) is 24.1 Å². The molecule has 0 bridgehead atoms. The first-order chi connectivity index (χ1) is 16.8. The molecule has 35 heavy (non-hydrogen) atoms. The molecule has 0 amide bonds. The molecule has 2 fully saturated rings. The maximum absolute atomic E-state index is 13.7. The van der Waals surface area contributed by atoms with E-state index >= 15 is 0 Å². The van der Waals surface area contributed by atoms with Crippen LogP contribution in [0.5, 0.6) is 0 Å². The quantitative estimate of drug-likeness (QED) is 0.485. The maximum atomic E-state index is 13.7. The Labute approximate surface area is 211 Å². The number of hydrogen-bond acceptors (Lipinski definition) is 9. The number of nitrogens with zero attached hydrogens (tertiary/aromatic N) is 3. The van der Waals surface area contributed by atoms with Gasteiger partial charge in [-0.3, -0.25) is 14.4 Å². The van der Waals surface area contributed by atoms with Gasteiger partial charge in [-0.1, -0.05) is 17.7 Å². The van der Waals surface area contributed by atoms with E-state index in [9.17, 15) is 19.5 Å². The van der Waals surface area contributed by atoms with Crippen LogP contribution in [0.3, 0.4) is 0 Å². The van der Waals surface area contributed by atoms with Crippen LogP contribution in [0.4, 0.5) is 5.82 Å². The van der Waals surface area contributed by atoms with Crippen LogP contribution < -0.4 is 5.32 Å². The number of aliphatic hydroxyl groups is 1. The highest BCUT2D eigenvalue weighted by atomic mass is 35.5. The number of likely N-dealkylation sites (N-methyl/N-ethyl adjacent to an activating group) is 1. The number of ketones is 1. The van der Waals surface area contributed by atoms with Crippen molar-refractivity contribution in [2.75, 3.05) is 25.6 Å². The van der Waals surface area contributed by atoms with E-state index in [2.05, 4.69) is 10.4 Å². The van der Waals surface area contributed by atoms with E-state index < -0.39 is 22.8 Å². The monoisotopic (exact) mass is 518 g/mol. The van der Waals surface area contributed by atoms with Crippen molar-refractivity contribution >= 4 is 46.4 Å². The van der Waals surface area contributed by atoms with Gasteiger partial charge in [0.15, 0.2) is 5.78 Å². The molecule has 1 aliphatic heterocycles. The lowest BCUT2D eigenvalue weighted by Crippen LogP contribution is -2.33. The third-order valence-electron chi connectivity index (χ3n) is 7.02. The van der Waals surface area contributed by atoms with Gasteiger partial charge in [0, 0.05) is 24.4 Å². The molecule has 3 aliphatic rings. The number of carbonyl (C=O) groups excluding carboxylic acids is 3. The van der Waals surface area contributed by atoms with Gasteiger partial charge >= 0.3 is 5.97 Å². The van der Waals surface area contributed by atoms with Gasteiger partial charge in [0.2, 0.25) is 0 Å². The van der Waals surface area contributed by atoms with Gasteiger partial charge in [0.05, 0.1) is 34.0 Å². The number of rotatable bonds is 9. The molecule has 11 heteroatoms. The summed E-state index contributed by atoms with van der Waals surface area (Å²) in [6.07, 6.45) is 6.29. The molecular formula is C24H27ClN4O5S. The molecule has 0 radical (unpaired) electrons. The van der Waals surface area contributed by atoms with E-state index in [-0.39, 0.29) is 24.9 Å². The summed E-state index contributed by atoms with van der Waals surface area (Å²) in [4.78, 5) is 41.5. The molecule has 1 atom stereocenters. The number of ether oxygens (including phenoxy) is 1. The number of esters is 1. The minimum absolute atomic E-state index is 0.00233. The third-order valence-corrected chi connectivity index (χ3v) is 8.25. The first-order valence-corrected chi connectivity index (χ1v) is 12.8. The minimum atomic E-state index is -0.852. The normalized spacial score (nSPS) is 21.6. The van der Waals surface area contributed by atoms with Gasteiger partial charge in [-0.2, -0.15) is 9.78 Å². The van der Waals surface area contributed by atoms with Gasteiger partial charge < -0.3 is 20.1 Å². The number of aromatic nitrogens is 2. The van der Waals surface area contributed by atoms with Crippen molar-refractivity contribution in [1.82, 2.24) is 14.7 Å². The van der Waals surface area contributed by atoms with Crippen molar-refractivity contribution in [2.24, 2.45) is 10.8 Å². The number of aliphatic hydroxyl groups excluding tert-OH is 1. The number of anilines is 1. The van der Waals surface area contributed by atoms with E-state index in [1.807, 2.05) is 18.3 Å². The Hall–Kier alpha value is -2.69. The molecule has 2 aliphatic carbocycles. The van der Waals surface area contributed by atoms with E-state index in [1.165, 1.54) is 16.0 Å². The summed E-state index contributed by atoms with van der Waals surface area (Å²) in [5, 5.41) is 17.3. The van der Waals surface area contributed by atoms with E-state index in [0.717, 1.165) is 4.88 Å². The van der Waals surface area contributed by atoms with Crippen molar-refractivity contribution in [3.8, 4) is 0 Å². The maximum Gasteiger partial charge on any atom is 0.314 e. The first-order valence-electron chi connectivity index (χ1n) is 11.6. The Morgan fingerprint density at radius 2 is 2.03 bits per heavy atom. The van der Waals surface area contributed by atoms with Gasteiger partial charge in [-0.05, 0) is 44.0 Å². The zero-order valence-electron chi connectivity index (χ0n) is 19.3. The largest absolute Gasteiger partial charge is 0.464 e. The second-order valence-corrected chi connectivity index (χ2v) is 11.4. The lowest BCUT2D eigenvalue weighted by molar-refractivity contribution is -0.153. The van der Waals surface area contributed by atoms with Gasteiger partial charge in [0.25, 0.3) is 5.91 Å². The molecule has 0 aromatic carbocycles. The number of halogens is 1. The van der Waals surface area contributed by atoms with Crippen LogP contribution in [0.25, 0.3) is 0 Å². The predicted molar refractivity (Wildman–Crippen MR) is 130 cm³/mol. The van der Waals surface area contributed by atoms with Gasteiger partial charge in [-0.15, -0.1) is 11.3 Å². The van der Waals surface area contributed by atoms with Crippen molar-refractivity contribution in [3.05, 3.63) is 45.4 Å². The van der Waals surface area contributed by atoms with Crippen molar-refractivity contribution in [1.29, 1.82) is 0 Å². The van der Waals surface area contributed by atoms with Crippen LogP contribution >= 0.6 is 22.9 Å². The average molecular weight is 519 g/mol. The molecule has 1 unspecified atom stereocenters. The van der Waals surface area contributed by atoms with Gasteiger partial charge in [-0.25, -0.2) is 0 Å². The van der Waals surface area contributed by atoms with E-state index in [0.29, 0.717) is 54.5 Å². The zero-order valence-corrected chi connectivity index (χ0v) is 20.9. The van der Waals surface area contributed by atoms with Crippen LogP contribution in [-0.4, -0.2) is 57.7 Å². The Morgan fingerprint density at radius 1 is 1.29 bits per heavy atom. The van der Waals surface area contributed by atoms with Crippen molar-refractivity contribution in [2.45, 2.75) is 44.7 Å². The highest BCUT2D eigenvalue weighted by Gasteiger charge is 2.56. The molecule has 3 heterocycles. The molecular weight excluding hydrogens is 492 g/mol. The Balaban J connectivity index is 1.39. The second-order valence-electron chi connectivity index (χ2n) is 9.65. The summed E-state index contributed by atoms with van der Waals surface area (Å²) in [5.41, 5.74) is -1.17. The number of thiophene rings is 1. The smallest absolute Gasteiger partial charge is 0.314 e. The van der Waals surface area contributed by atoms with Crippen LogP contribution in [0.1, 0.15) is 53.5 Å². The lowest BCUT2D eigenvalue weighted by Gasteiger charge is -2.26. The molecule has 2 aromatic rings. The van der Waals surface area contributed by atoms with Crippen LogP contribution in [-0.2, 0) is 20.9 Å². The summed E-state index contributed by atoms with van der Waals surface area (Å²) >= 11 is 7.48. The summed E-state index contributed by atoms with van der Waals surface area (Å²) in [7, 11) is 1.80. The van der Waals surface area contributed by atoms with Crippen LogP contribution in [0.15, 0.2) is 30.5 Å². The Bertz CT molecular complexity index is 1200. The van der Waals surface area contributed by atoms with Crippen LogP contribution in [0, 0.1) is 10.8 Å². The Kier molecular flexibility index (Phi) is 6.23. The Morgan fingerprint density at radius 3 is 2.63 bits per heavy atom. The number of hydrogen-bond donors (Lipinski definition) is 2. The molecule has 186 valence electrons. The molecule has 2 N–H and O–H groups in total. The second kappa shape index (κ2) is 9.07. The fourth-order valence-electron chi connectivity index (χ4n) is 4.30. The lowest BCUT2D eigenvalue weighted by atomic mass is 10.0. The average Bonchev–Trinajstić information content (AvgIpc) is 3.73. The highest BCUT2D eigenvalue weighted by molar-refractivity contribution is 7.16. The minimum Gasteiger partial charge on any atom is -0.464 e. The van der Waals surface area contributed by atoms with Crippen molar-refractivity contribution in [3.63, 3.8) is 0 Å². The summed E-state index contributed by atoms with van der Waals surface area (Å²) in [5.74, 6) is -0.262. The molecule has 5 rings (SSSR count). The molecule has 9 nitrogen and oxygen atoms in total. The molecule has 0 saturated heterocycles. The highest BCUT2D eigenvalue weighted by Crippen LogP contribution is 2.50. The number of allylic oxidation sites excluding steroid dienone is 1. The summed E-state index contributed by atoms with van der Waals surface area (Å²) in [6.45, 7) is 0.144.